The van der Waals surface area contributed by atoms with Crippen LogP contribution in [0.2, 0.25) is 0 Å². The third-order valence-corrected chi connectivity index (χ3v) is 3.95. The predicted molar refractivity (Wildman–Crippen MR) is 78.3 cm³/mol. The van der Waals surface area contributed by atoms with E-state index < -0.39 is 7.12 Å². The molecule has 1 aromatic carbocycles. The number of hydrogen-bond donors (Lipinski definition) is 2. The van der Waals surface area contributed by atoms with Gasteiger partial charge in [-0.1, -0.05) is 24.3 Å². The van der Waals surface area contributed by atoms with Crippen LogP contribution < -0.4 is 5.46 Å². The van der Waals surface area contributed by atoms with Crippen LogP contribution in [-0.4, -0.2) is 34.1 Å². The minimum Gasteiger partial charge on any atom is -0.423 e. The first kappa shape index (κ1) is 14.2. The molecular weight excluding hydrogens is 259 g/mol. The fraction of sp³-hybridized carbons (Fsp3) is 0.308. The van der Waals surface area contributed by atoms with Crippen molar-refractivity contribution in [3.05, 3.63) is 45.9 Å². The largest absolute Gasteiger partial charge is 0.488 e. The summed E-state index contributed by atoms with van der Waals surface area (Å²) in [5.41, 5.74) is 4.41. The highest BCUT2D eigenvalue weighted by atomic mass is 32.1. The van der Waals surface area contributed by atoms with E-state index in [0.717, 1.165) is 17.8 Å². The Morgan fingerprint density at radius 3 is 2.63 bits per heavy atom. The van der Waals surface area contributed by atoms with Crippen molar-refractivity contribution < 1.29 is 10.0 Å². The molecule has 100 valence electrons. The molecule has 2 aromatic rings. The molecule has 0 saturated heterocycles. The molecule has 0 aliphatic heterocycles. The summed E-state index contributed by atoms with van der Waals surface area (Å²) in [6.45, 7) is 3.49. The first-order valence-electron chi connectivity index (χ1n) is 6.09. The molecule has 0 bridgehead atoms. The molecule has 0 saturated carbocycles. The average molecular weight is 276 g/mol. The minimum atomic E-state index is -1.42. The molecule has 0 radical (unpaired) electrons. The van der Waals surface area contributed by atoms with Crippen molar-refractivity contribution in [3.8, 4) is 0 Å². The van der Waals surface area contributed by atoms with Gasteiger partial charge in [-0.2, -0.15) is 0 Å². The Morgan fingerprint density at radius 1 is 1.26 bits per heavy atom. The summed E-state index contributed by atoms with van der Waals surface area (Å²) < 4.78 is 0. The molecule has 0 fully saturated rings. The van der Waals surface area contributed by atoms with Crippen molar-refractivity contribution in [1.82, 2.24) is 9.88 Å². The van der Waals surface area contributed by atoms with Gasteiger partial charge in [0.25, 0.3) is 0 Å². The lowest BCUT2D eigenvalue weighted by Gasteiger charge is -2.18. The maximum atomic E-state index is 9.35. The van der Waals surface area contributed by atoms with E-state index in [1.54, 1.807) is 17.4 Å². The van der Waals surface area contributed by atoms with Gasteiger partial charge in [0, 0.05) is 18.0 Å². The Kier molecular flexibility index (Phi) is 4.71. The van der Waals surface area contributed by atoms with Crippen molar-refractivity contribution >= 4 is 23.9 Å². The Morgan fingerprint density at radius 2 is 2.00 bits per heavy atom. The zero-order valence-corrected chi connectivity index (χ0v) is 11.9. The van der Waals surface area contributed by atoms with Gasteiger partial charge in [0.1, 0.15) is 0 Å². The van der Waals surface area contributed by atoms with Crippen LogP contribution in [0.1, 0.15) is 16.1 Å². The average Bonchev–Trinajstić information content (AvgIpc) is 2.75. The molecule has 19 heavy (non-hydrogen) atoms. The summed E-state index contributed by atoms with van der Waals surface area (Å²) in [6, 6.07) is 7.38. The third kappa shape index (κ3) is 3.64. The zero-order valence-electron chi connectivity index (χ0n) is 11.1. The Labute approximate surface area is 117 Å². The molecule has 6 heteroatoms. The Bertz CT molecular complexity index is 545. The van der Waals surface area contributed by atoms with Crippen LogP contribution in [0.15, 0.2) is 29.8 Å². The number of rotatable bonds is 5. The molecule has 0 aliphatic rings. The second kappa shape index (κ2) is 6.30. The fourth-order valence-electron chi connectivity index (χ4n) is 2.00. The first-order chi connectivity index (χ1) is 9.08. The van der Waals surface area contributed by atoms with E-state index in [-0.39, 0.29) is 0 Å². The molecule has 0 aliphatic carbocycles. The van der Waals surface area contributed by atoms with Gasteiger partial charge in [0.05, 0.1) is 11.2 Å². The lowest BCUT2D eigenvalue weighted by atomic mass is 9.77. The Hall–Kier alpha value is -1.21. The summed E-state index contributed by atoms with van der Waals surface area (Å²) in [5.74, 6) is 0. The summed E-state index contributed by atoms with van der Waals surface area (Å²) in [4.78, 5) is 7.62. The quantitative estimate of drug-likeness (QED) is 0.792. The van der Waals surface area contributed by atoms with Gasteiger partial charge in [-0.3, -0.25) is 4.90 Å². The highest BCUT2D eigenvalue weighted by Crippen LogP contribution is 2.15. The molecule has 0 atom stereocenters. The van der Waals surface area contributed by atoms with E-state index in [4.69, 9.17) is 0 Å². The van der Waals surface area contributed by atoms with Crippen molar-refractivity contribution in [2.24, 2.45) is 0 Å². The molecule has 0 unspecified atom stereocenters. The lowest BCUT2D eigenvalue weighted by molar-refractivity contribution is 0.321. The molecule has 0 spiro atoms. The van der Waals surface area contributed by atoms with Crippen LogP contribution in [0.4, 0.5) is 0 Å². The SMILES string of the molecule is Cc1ncsc1CN(C)Cc1ccccc1B(O)O. The maximum absolute atomic E-state index is 9.35. The predicted octanol–water partition coefficient (Wildman–Crippen LogP) is 0.763. The Balaban J connectivity index is 2.07. The molecule has 1 heterocycles. The van der Waals surface area contributed by atoms with Gasteiger partial charge in [-0.15, -0.1) is 11.3 Å². The van der Waals surface area contributed by atoms with Gasteiger partial charge in [-0.25, -0.2) is 4.98 Å². The van der Waals surface area contributed by atoms with Crippen LogP contribution >= 0.6 is 11.3 Å². The zero-order chi connectivity index (χ0) is 13.8. The van der Waals surface area contributed by atoms with Crippen molar-refractivity contribution in [2.75, 3.05) is 7.05 Å². The van der Waals surface area contributed by atoms with Crippen LogP contribution in [0, 0.1) is 6.92 Å². The first-order valence-corrected chi connectivity index (χ1v) is 6.97. The van der Waals surface area contributed by atoms with E-state index in [1.807, 2.05) is 37.7 Å². The van der Waals surface area contributed by atoms with Crippen molar-refractivity contribution in [3.63, 3.8) is 0 Å². The number of hydrogen-bond acceptors (Lipinski definition) is 5. The van der Waals surface area contributed by atoms with Crippen LogP contribution in [0.25, 0.3) is 0 Å². The third-order valence-electron chi connectivity index (χ3n) is 3.03. The number of aromatic nitrogens is 1. The minimum absolute atomic E-state index is 0.565. The highest BCUT2D eigenvalue weighted by molar-refractivity contribution is 7.09. The van der Waals surface area contributed by atoms with E-state index in [1.165, 1.54) is 4.88 Å². The second-order valence-corrected chi connectivity index (χ2v) is 5.55. The molecule has 2 N–H and O–H groups in total. The van der Waals surface area contributed by atoms with Gasteiger partial charge >= 0.3 is 7.12 Å². The molecule has 1 aromatic heterocycles. The number of benzene rings is 1. The van der Waals surface area contributed by atoms with E-state index in [0.29, 0.717) is 12.0 Å². The topological polar surface area (TPSA) is 56.6 Å². The molecule has 0 amide bonds. The molecule has 4 nitrogen and oxygen atoms in total. The second-order valence-electron chi connectivity index (χ2n) is 4.61. The number of nitrogens with zero attached hydrogens (tertiary/aromatic N) is 2. The smallest absolute Gasteiger partial charge is 0.423 e. The standard InChI is InChI=1S/C13H17BN2O2S/c1-10-13(19-9-15-10)8-16(2)7-11-5-3-4-6-12(11)14(17)18/h3-6,9,17-18H,7-8H2,1-2H3. The van der Waals surface area contributed by atoms with Crippen molar-refractivity contribution in [1.29, 1.82) is 0 Å². The normalized spacial score (nSPS) is 11.0. The number of aryl methyl sites for hydroxylation is 1. The van der Waals surface area contributed by atoms with Gasteiger partial charge in [-0.05, 0) is 25.0 Å². The van der Waals surface area contributed by atoms with Crippen LogP contribution in [0.3, 0.4) is 0 Å². The van der Waals surface area contributed by atoms with E-state index >= 15 is 0 Å². The molecular formula is C13H17BN2O2S. The van der Waals surface area contributed by atoms with Gasteiger partial charge in [0.2, 0.25) is 0 Å². The monoisotopic (exact) mass is 276 g/mol. The van der Waals surface area contributed by atoms with Gasteiger partial charge in [0.15, 0.2) is 0 Å². The van der Waals surface area contributed by atoms with Crippen molar-refractivity contribution in [2.45, 2.75) is 20.0 Å². The summed E-state index contributed by atoms with van der Waals surface area (Å²) >= 11 is 1.65. The van der Waals surface area contributed by atoms with Crippen LogP contribution in [0.5, 0.6) is 0 Å². The highest BCUT2D eigenvalue weighted by Gasteiger charge is 2.16. The summed E-state index contributed by atoms with van der Waals surface area (Å²) in [6.07, 6.45) is 0. The van der Waals surface area contributed by atoms with Crippen LogP contribution in [-0.2, 0) is 13.1 Å². The molecule has 2 rings (SSSR count). The summed E-state index contributed by atoms with van der Waals surface area (Å²) in [7, 11) is 0.592. The fourth-order valence-corrected chi connectivity index (χ4v) is 2.86. The van der Waals surface area contributed by atoms with Gasteiger partial charge < -0.3 is 10.0 Å². The van der Waals surface area contributed by atoms with E-state index in [9.17, 15) is 10.0 Å². The number of thiazole rings is 1. The summed E-state index contributed by atoms with van der Waals surface area (Å²) in [5, 5.41) is 18.7. The van der Waals surface area contributed by atoms with E-state index in [2.05, 4.69) is 9.88 Å². The maximum Gasteiger partial charge on any atom is 0.488 e. The lowest BCUT2D eigenvalue weighted by Crippen LogP contribution is -2.34.